The standard InChI is InChI=1S/C21H26N2O2/c1-16-6-2-3-7-17(16)15-22-9-5-10-23(12-11-22)21(24)19-14-18(19)20-8-4-13-25-20/h2-4,6-8,13,18-19H,5,9-12,14-15H2,1H3/t18-,19+/m0/s1. The van der Waals surface area contributed by atoms with Gasteiger partial charge in [0.1, 0.15) is 5.76 Å². The summed E-state index contributed by atoms with van der Waals surface area (Å²) in [6, 6.07) is 12.5. The van der Waals surface area contributed by atoms with Gasteiger partial charge in [-0.25, -0.2) is 0 Å². The van der Waals surface area contributed by atoms with Gasteiger partial charge in [-0.15, -0.1) is 0 Å². The molecule has 2 aromatic rings. The van der Waals surface area contributed by atoms with Gasteiger partial charge in [-0.3, -0.25) is 9.69 Å². The highest BCUT2D eigenvalue weighted by molar-refractivity contribution is 5.82. The maximum atomic E-state index is 12.8. The van der Waals surface area contributed by atoms with Crippen molar-refractivity contribution in [2.24, 2.45) is 5.92 Å². The summed E-state index contributed by atoms with van der Waals surface area (Å²) in [7, 11) is 0. The van der Waals surface area contributed by atoms with E-state index in [0.717, 1.165) is 51.3 Å². The van der Waals surface area contributed by atoms with Gasteiger partial charge in [0.25, 0.3) is 0 Å². The van der Waals surface area contributed by atoms with Crippen LogP contribution in [0.25, 0.3) is 0 Å². The molecule has 0 radical (unpaired) electrons. The second-order valence-electron chi connectivity index (χ2n) is 7.35. The fraction of sp³-hybridized carbons (Fsp3) is 0.476. The first-order chi connectivity index (χ1) is 12.2. The number of carbonyl (C=O) groups excluding carboxylic acids is 1. The predicted octanol–water partition coefficient (Wildman–Crippen LogP) is 3.43. The molecule has 2 atom stereocenters. The van der Waals surface area contributed by atoms with Gasteiger partial charge in [0.05, 0.1) is 6.26 Å². The van der Waals surface area contributed by atoms with Gasteiger partial charge in [-0.05, 0) is 43.0 Å². The number of benzene rings is 1. The van der Waals surface area contributed by atoms with Gasteiger partial charge in [0.2, 0.25) is 5.91 Å². The van der Waals surface area contributed by atoms with Crippen LogP contribution in [0.4, 0.5) is 0 Å². The van der Waals surface area contributed by atoms with Crippen LogP contribution in [0.5, 0.6) is 0 Å². The molecule has 1 saturated carbocycles. The van der Waals surface area contributed by atoms with E-state index in [9.17, 15) is 4.79 Å². The lowest BCUT2D eigenvalue weighted by atomic mass is 10.1. The number of amides is 1. The lowest BCUT2D eigenvalue weighted by Crippen LogP contribution is -2.36. The number of aryl methyl sites for hydroxylation is 1. The van der Waals surface area contributed by atoms with E-state index in [1.807, 2.05) is 12.1 Å². The van der Waals surface area contributed by atoms with Crippen molar-refractivity contribution in [1.82, 2.24) is 9.80 Å². The number of carbonyl (C=O) groups is 1. The maximum Gasteiger partial charge on any atom is 0.226 e. The van der Waals surface area contributed by atoms with Crippen LogP contribution in [0.15, 0.2) is 47.1 Å². The number of hydrogen-bond acceptors (Lipinski definition) is 3. The van der Waals surface area contributed by atoms with Crippen molar-refractivity contribution in [2.75, 3.05) is 26.2 Å². The van der Waals surface area contributed by atoms with Gasteiger partial charge >= 0.3 is 0 Å². The average molecular weight is 338 g/mol. The van der Waals surface area contributed by atoms with E-state index >= 15 is 0 Å². The molecule has 0 spiro atoms. The lowest BCUT2D eigenvalue weighted by molar-refractivity contribution is -0.132. The number of furan rings is 1. The molecule has 2 heterocycles. The van der Waals surface area contributed by atoms with Crippen LogP contribution in [0.2, 0.25) is 0 Å². The fourth-order valence-corrected chi connectivity index (χ4v) is 3.90. The molecule has 4 heteroatoms. The fourth-order valence-electron chi connectivity index (χ4n) is 3.90. The molecule has 0 bridgehead atoms. The highest BCUT2D eigenvalue weighted by Crippen LogP contribution is 2.48. The molecule has 25 heavy (non-hydrogen) atoms. The zero-order chi connectivity index (χ0) is 17.2. The van der Waals surface area contributed by atoms with E-state index < -0.39 is 0 Å². The Hall–Kier alpha value is -2.07. The summed E-state index contributed by atoms with van der Waals surface area (Å²) in [5.41, 5.74) is 2.74. The highest BCUT2D eigenvalue weighted by Gasteiger charge is 2.47. The summed E-state index contributed by atoms with van der Waals surface area (Å²) in [4.78, 5) is 17.4. The van der Waals surface area contributed by atoms with Crippen LogP contribution in [-0.2, 0) is 11.3 Å². The molecule has 1 aliphatic carbocycles. The van der Waals surface area contributed by atoms with Crippen LogP contribution < -0.4 is 0 Å². The zero-order valence-electron chi connectivity index (χ0n) is 14.9. The minimum Gasteiger partial charge on any atom is -0.469 e. The summed E-state index contributed by atoms with van der Waals surface area (Å²) in [6.45, 7) is 6.89. The molecule has 2 aliphatic rings. The van der Waals surface area contributed by atoms with Gasteiger partial charge in [0, 0.05) is 44.6 Å². The first kappa shape index (κ1) is 16.4. The van der Waals surface area contributed by atoms with Gasteiger partial charge < -0.3 is 9.32 Å². The third-order valence-corrected chi connectivity index (χ3v) is 5.57. The SMILES string of the molecule is Cc1ccccc1CN1CCCN(C(=O)[C@@H]2C[C@@H]2c2ccco2)CC1. The molecule has 4 nitrogen and oxygen atoms in total. The molecule has 1 saturated heterocycles. The molecule has 0 unspecified atom stereocenters. The zero-order valence-corrected chi connectivity index (χ0v) is 14.9. The van der Waals surface area contributed by atoms with Crippen molar-refractivity contribution < 1.29 is 9.21 Å². The largest absolute Gasteiger partial charge is 0.469 e. The molecular weight excluding hydrogens is 312 g/mol. The molecule has 132 valence electrons. The monoisotopic (exact) mass is 338 g/mol. The summed E-state index contributed by atoms with van der Waals surface area (Å²) >= 11 is 0. The normalized spacial score (nSPS) is 24.1. The van der Waals surface area contributed by atoms with Gasteiger partial charge in [0.15, 0.2) is 0 Å². The summed E-state index contributed by atoms with van der Waals surface area (Å²) in [5.74, 6) is 1.72. The smallest absolute Gasteiger partial charge is 0.226 e. The second kappa shape index (κ2) is 7.04. The van der Waals surface area contributed by atoms with Crippen LogP contribution in [0.3, 0.4) is 0 Å². The van der Waals surface area contributed by atoms with Crippen LogP contribution in [0.1, 0.15) is 35.6 Å². The molecule has 1 aromatic carbocycles. The minimum atomic E-state index is 0.133. The first-order valence-corrected chi connectivity index (χ1v) is 9.31. The van der Waals surface area contributed by atoms with Crippen molar-refractivity contribution in [3.8, 4) is 0 Å². The van der Waals surface area contributed by atoms with E-state index in [1.165, 1.54) is 11.1 Å². The Bertz CT molecular complexity index is 725. The predicted molar refractivity (Wildman–Crippen MR) is 97.2 cm³/mol. The van der Waals surface area contributed by atoms with E-state index in [-0.39, 0.29) is 5.92 Å². The maximum absolute atomic E-state index is 12.8. The van der Waals surface area contributed by atoms with Crippen LogP contribution >= 0.6 is 0 Å². The highest BCUT2D eigenvalue weighted by atomic mass is 16.3. The van der Waals surface area contributed by atoms with Crippen molar-refractivity contribution in [1.29, 1.82) is 0 Å². The van der Waals surface area contributed by atoms with Crippen molar-refractivity contribution in [2.45, 2.75) is 32.2 Å². The molecule has 2 fully saturated rings. The van der Waals surface area contributed by atoms with Crippen molar-refractivity contribution in [3.63, 3.8) is 0 Å². The summed E-state index contributed by atoms with van der Waals surface area (Å²) in [6.07, 6.45) is 3.69. The first-order valence-electron chi connectivity index (χ1n) is 9.31. The minimum absolute atomic E-state index is 0.133. The van der Waals surface area contributed by atoms with Crippen molar-refractivity contribution >= 4 is 5.91 Å². The Kier molecular flexibility index (Phi) is 4.62. The number of hydrogen-bond donors (Lipinski definition) is 0. The number of nitrogens with zero attached hydrogens (tertiary/aromatic N) is 2. The van der Waals surface area contributed by atoms with E-state index in [2.05, 4.69) is 41.0 Å². The summed E-state index contributed by atoms with van der Waals surface area (Å²) < 4.78 is 5.47. The Morgan fingerprint density at radius 3 is 2.80 bits per heavy atom. The molecular formula is C21H26N2O2. The van der Waals surface area contributed by atoms with E-state index in [4.69, 9.17) is 4.42 Å². The van der Waals surface area contributed by atoms with Gasteiger partial charge in [-0.2, -0.15) is 0 Å². The Labute approximate surface area is 149 Å². The second-order valence-corrected chi connectivity index (χ2v) is 7.35. The topological polar surface area (TPSA) is 36.7 Å². The third-order valence-electron chi connectivity index (χ3n) is 5.57. The van der Waals surface area contributed by atoms with Crippen LogP contribution in [-0.4, -0.2) is 41.9 Å². The van der Waals surface area contributed by atoms with E-state index in [0.29, 0.717) is 11.8 Å². The molecule has 0 N–H and O–H groups in total. The molecule has 1 aliphatic heterocycles. The van der Waals surface area contributed by atoms with Gasteiger partial charge in [-0.1, -0.05) is 24.3 Å². The molecule has 1 amide bonds. The van der Waals surface area contributed by atoms with Crippen LogP contribution in [0, 0.1) is 12.8 Å². The quantitative estimate of drug-likeness (QED) is 0.857. The Morgan fingerprint density at radius 1 is 1.12 bits per heavy atom. The Balaban J connectivity index is 1.32. The summed E-state index contributed by atoms with van der Waals surface area (Å²) in [5, 5.41) is 0. The Morgan fingerprint density at radius 2 is 2.00 bits per heavy atom. The average Bonchev–Trinajstić information content (AvgIpc) is 3.30. The van der Waals surface area contributed by atoms with E-state index in [1.54, 1.807) is 6.26 Å². The van der Waals surface area contributed by atoms with Crippen molar-refractivity contribution in [3.05, 3.63) is 59.5 Å². The molecule has 1 aromatic heterocycles. The lowest BCUT2D eigenvalue weighted by Gasteiger charge is -2.22. The molecule has 4 rings (SSSR count). The third kappa shape index (κ3) is 3.64. The number of rotatable bonds is 4.